The summed E-state index contributed by atoms with van der Waals surface area (Å²) < 4.78 is 5.87. The van der Waals surface area contributed by atoms with Crippen molar-refractivity contribution in [3.05, 3.63) is 47.3 Å². The predicted molar refractivity (Wildman–Crippen MR) is 145 cm³/mol. The summed E-state index contributed by atoms with van der Waals surface area (Å²) in [4.78, 5) is 19.1. The Morgan fingerprint density at radius 2 is 2.08 bits per heavy atom. The van der Waals surface area contributed by atoms with Gasteiger partial charge in [-0.15, -0.1) is 5.10 Å². The highest BCUT2D eigenvalue weighted by molar-refractivity contribution is 6.15. The molecule has 1 aromatic carbocycles. The van der Waals surface area contributed by atoms with Crippen LogP contribution in [-0.4, -0.2) is 65.8 Å². The summed E-state index contributed by atoms with van der Waals surface area (Å²) in [6, 6.07) is 5.83. The van der Waals surface area contributed by atoms with Crippen molar-refractivity contribution in [1.29, 1.82) is 0 Å². The van der Waals surface area contributed by atoms with E-state index >= 15 is 0 Å². The van der Waals surface area contributed by atoms with Crippen LogP contribution in [0.2, 0.25) is 0 Å². The maximum Gasteiger partial charge on any atom is 0.275 e. The standard InChI is InChI=1S/C27H42N6O4/c1-7-10-19(5)33-25(20(6)18(4)8-2)27(35)29-26(30-33)23-15-21(11-12-24(23)36-9-3)31-37-32-16-22(17-32)28-13-14-34/h11-12,15,18,22,28,31,34H,5,7-10,13-14,16-17H2,1-4,6H3,(H,29,30,35)/b25-20-. The highest BCUT2D eigenvalue weighted by Crippen LogP contribution is 2.30. The second kappa shape index (κ2) is 13.6. The fourth-order valence-electron chi connectivity index (χ4n) is 4.16. The van der Waals surface area contributed by atoms with E-state index in [0.29, 0.717) is 60.8 Å². The van der Waals surface area contributed by atoms with Gasteiger partial charge in [0.1, 0.15) is 11.4 Å². The number of carbonyl (C=O) groups is 1. The molecule has 10 nitrogen and oxygen atoms in total. The average molecular weight is 515 g/mol. The van der Waals surface area contributed by atoms with E-state index in [9.17, 15) is 4.79 Å². The smallest absolute Gasteiger partial charge is 0.275 e. The summed E-state index contributed by atoms with van der Waals surface area (Å²) in [6.07, 6.45) is 2.54. The molecule has 2 heterocycles. The van der Waals surface area contributed by atoms with E-state index in [1.807, 2.05) is 32.0 Å². The van der Waals surface area contributed by atoms with Gasteiger partial charge in [-0.05, 0) is 56.4 Å². The fourth-order valence-corrected chi connectivity index (χ4v) is 4.16. The van der Waals surface area contributed by atoms with E-state index in [4.69, 9.17) is 19.9 Å². The minimum atomic E-state index is -0.209. The van der Waals surface area contributed by atoms with Crippen LogP contribution in [0.5, 0.6) is 5.75 Å². The molecule has 10 heteroatoms. The molecule has 1 fully saturated rings. The number of hydrogen-bond donors (Lipinski definition) is 4. The van der Waals surface area contributed by atoms with E-state index in [1.54, 1.807) is 10.1 Å². The van der Waals surface area contributed by atoms with Gasteiger partial charge in [0, 0.05) is 31.4 Å². The molecule has 4 N–H and O–H groups in total. The number of nitrogens with one attached hydrogen (secondary N) is 3. The molecule has 0 aromatic heterocycles. The van der Waals surface area contributed by atoms with Crippen molar-refractivity contribution in [2.75, 3.05) is 38.3 Å². The zero-order valence-electron chi connectivity index (χ0n) is 22.8. The molecule has 1 unspecified atom stereocenters. The maximum absolute atomic E-state index is 13.4. The zero-order valence-corrected chi connectivity index (χ0v) is 22.8. The SMILES string of the molecule is C=C(CCC)N1N=C(c2cc(NON3CC(NCCO)C3)ccc2OCC)NC(=O)/C1=C(\C)C(C)CC. The second-order valence-electron chi connectivity index (χ2n) is 9.43. The summed E-state index contributed by atoms with van der Waals surface area (Å²) in [5.41, 5.74) is 6.59. The van der Waals surface area contributed by atoms with Crippen molar-refractivity contribution < 1.29 is 19.6 Å². The number of rotatable bonds is 14. The number of anilines is 1. The van der Waals surface area contributed by atoms with Gasteiger partial charge >= 0.3 is 0 Å². The average Bonchev–Trinajstić information content (AvgIpc) is 2.87. The lowest BCUT2D eigenvalue weighted by atomic mass is 9.96. The maximum atomic E-state index is 13.4. The molecule has 1 atom stereocenters. The zero-order chi connectivity index (χ0) is 26.9. The van der Waals surface area contributed by atoms with E-state index < -0.39 is 0 Å². The third-order valence-electron chi connectivity index (χ3n) is 6.64. The van der Waals surface area contributed by atoms with Gasteiger partial charge in [0.2, 0.25) is 0 Å². The number of benzene rings is 1. The number of hydrogen-bond acceptors (Lipinski definition) is 9. The first-order valence-electron chi connectivity index (χ1n) is 13.2. The highest BCUT2D eigenvalue weighted by atomic mass is 16.8. The Hall–Kier alpha value is -2.92. The van der Waals surface area contributed by atoms with Crippen molar-refractivity contribution in [1.82, 2.24) is 20.7 Å². The van der Waals surface area contributed by atoms with Crippen LogP contribution in [0, 0.1) is 5.92 Å². The third-order valence-corrected chi connectivity index (χ3v) is 6.64. The summed E-state index contributed by atoms with van der Waals surface area (Å²) in [6.45, 7) is 17.0. The van der Waals surface area contributed by atoms with Crippen LogP contribution < -0.4 is 20.9 Å². The molecule has 2 aliphatic rings. The Kier molecular flexibility index (Phi) is 10.5. The van der Waals surface area contributed by atoms with E-state index in [1.165, 1.54) is 0 Å². The van der Waals surface area contributed by atoms with Crippen LogP contribution in [0.4, 0.5) is 5.69 Å². The molecule has 0 aliphatic carbocycles. The predicted octanol–water partition coefficient (Wildman–Crippen LogP) is 3.34. The van der Waals surface area contributed by atoms with Gasteiger partial charge in [-0.2, -0.15) is 10.0 Å². The number of allylic oxidation sites excluding steroid dienone is 2. The first kappa shape index (κ1) is 28.6. The Labute approximate surface area is 220 Å². The molecule has 1 saturated heterocycles. The number of ether oxygens (including phenoxy) is 1. The van der Waals surface area contributed by atoms with Gasteiger partial charge < -0.3 is 20.5 Å². The van der Waals surface area contributed by atoms with Gasteiger partial charge in [0.05, 0.1) is 24.5 Å². The van der Waals surface area contributed by atoms with Crippen molar-refractivity contribution in [2.45, 2.75) is 59.9 Å². The first-order valence-corrected chi connectivity index (χ1v) is 13.2. The molecule has 3 rings (SSSR count). The number of carbonyl (C=O) groups excluding carboxylic acids is 1. The van der Waals surface area contributed by atoms with Gasteiger partial charge in [-0.3, -0.25) is 4.79 Å². The van der Waals surface area contributed by atoms with Crippen LogP contribution in [-0.2, 0) is 9.73 Å². The van der Waals surface area contributed by atoms with E-state index in [0.717, 1.165) is 30.5 Å². The molecular formula is C27H42N6O4. The lowest BCUT2D eigenvalue weighted by Crippen LogP contribution is -2.58. The molecule has 0 bridgehead atoms. The molecule has 0 radical (unpaired) electrons. The Morgan fingerprint density at radius 3 is 2.73 bits per heavy atom. The van der Waals surface area contributed by atoms with Gasteiger partial charge in [0.15, 0.2) is 5.84 Å². The number of hydroxylamine groups is 2. The number of amidine groups is 1. The molecule has 1 aromatic rings. The normalized spacial score (nSPS) is 18.6. The minimum absolute atomic E-state index is 0.114. The Bertz CT molecular complexity index is 1020. The minimum Gasteiger partial charge on any atom is -0.493 e. The van der Waals surface area contributed by atoms with Crippen molar-refractivity contribution in [3.8, 4) is 5.75 Å². The molecule has 0 spiro atoms. The topological polar surface area (TPSA) is 111 Å². The molecule has 2 aliphatic heterocycles. The summed E-state index contributed by atoms with van der Waals surface area (Å²) >= 11 is 0. The number of amides is 1. The van der Waals surface area contributed by atoms with Crippen molar-refractivity contribution >= 4 is 17.4 Å². The number of hydrazone groups is 1. The first-order chi connectivity index (χ1) is 17.8. The van der Waals surface area contributed by atoms with Crippen LogP contribution in [0.1, 0.15) is 59.4 Å². The third kappa shape index (κ3) is 7.10. The van der Waals surface area contributed by atoms with Crippen LogP contribution in [0.25, 0.3) is 0 Å². The molecule has 204 valence electrons. The molecule has 1 amide bonds. The summed E-state index contributed by atoms with van der Waals surface area (Å²) in [7, 11) is 0. The summed E-state index contributed by atoms with van der Waals surface area (Å²) in [5, 5.41) is 23.5. The van der Waals surface area contributed by atoms with Crippen molar-refractivity contribution in [3.63, 3.8) is 0 Å². The Morgan fingerprint density at radius 1 is 1.32 bits per heavy atom. The quantitative estimate of drug-likeness (QED) is 0.221. The van der Waals surface area contributed by atoms with E-state index in [2.05, 4.69) is 43.5 Å². The number of nitrogens with zero attached hydrogens (tertiary/aromatic N) is 3. The molecule has 0 saturated carbocycles. The van der Waals surface area contributed by atoms with Crippen molar-refractivity contribution in [2.24, 2.45) is 11.0 Å². The monoisotopic (exact) mass is 514 g/mol. The van der Waals surface area contributed by atoms with Gasteiger partial charge in [0.25, 0.3) is 5.91 Å². The lowest BCUT2D eigenvalue weighted by molar-refractivity contribution is -0.185. The van der Waals surface area contributed by atoms with Crippen LogP contribution in [0.3, 0.4) is 0 Å². The fraction of sp³-hybridized carbons (Fsp3) is 0.556. The molecular weight excluding hydrogens is 472 g/mol. The van der Waals surface area contributed by atoms with Crippen LogP contribution in [0.15, 0.2) is 46.8 Å². The van der Waals surface area contributed by atoms with Gasteiger partial charge in [-0.1, -0.05) is 33.8 Å². The van der Waals surface area contributed by atoms with E-state index in [-0.39, 0.29) is 18.4 Å². The summed E-state index contributed by atoms with van der Waals surface area (Å²) in [5.74, 6) is 1.03. The molecule has 37 heavy (non-hydrogen) atoms. The number of aliphatic hydroxyl groups excluding tert-OH is 1. The highest BCUT2D eigenvalue weighted by Gasteiger charge is 2.31. The van der Waals surface area contributed by atoms with Gasteiger partial charge in [-0.25, -0.2) is 10.5 Å². The Balaban J connectivity index is 1.88. The van der Waals surface area contributed by atoms with Crippen LogP contribution >= 0.6 is 0 Å². The lowest BCUT2D eigenvalue weighted by Gasteiger charge is -2.37. The second-order valence-corrected chi connectivity index (χ2v) is 9.43. The number of aliphatic hydroxyl groups is 1. The largest absolute Gasteiger partial charge is 0.493 e.